The highest BCUT2D eigenvalue weighted by atomic mass is 16.5. The number of carbonyl (C=O) groups excluding carboxylic acids is 1. The van der Waals surface area contributed by atoms with Gasteiger partial charge >= 0.3 is 5.63 Å². The lowest BCUT2D eigenvalue weighted by molar-refractivity contribution is -0.122. The second-order valence-electron chi connectivity index (χ2n) is 7.14. The van der Waals surface area contributed by atoms with E-state index in [0.717, 1.165) is 10.9 Å². The number of ether oxygens (including phenoxy) is 1. The molecule has 0 radical (unpaired) electrons. The lowest BCUT2D eigenvalue weighted by atomic mass is 9.92. The zero-order valence-corrected chi connectivity index (χ0v) is 16.0. The van der Waals surface area contributed by atoms with Crippen LogP contribution in [0.2, 0.25) is 0 Å². The summed E-state index contributed by atoms with van der Waals surface area (Å²) in [7, 11) is 1.55. The molecule has 0 fully saturated rings. The molecular formula is C20H27NO5. The third-order valence-electron chi connectivity index (χ3n) is 4.98. The molecule has 1 aromatic carbocycles. The fraction of sp³-hybridized carbons (Fsp3) is 0.500. The Morgan fingerprint density at radius 3 is 2.69 bits per heavy atom. The summed E-state index contributed by atoms with van der Waals surface area (Å²) in [5.41, 5.74) is 0.361. The monoisotopic (exact) mass is 361 g/mol. The first-order valence-electron chi connectivity index (χ1n) is 8.75. The van der Waals surface area contributed by atoms with E-state index < -0.39 is 11.2 Å². The van der Waals surface area contributed by atoms with Crippen molar-refractivity contribution >= 4 is 16.9 Å². The van der Waals surface area contributed by atoms with Crippen LogP contribution < -0.4 is 15.7 Å². The van der Waals surface area contributed by atoms with Crippen molar-refractivity contribution in [2.75, 3.05) is 13.7 Å². The van der Waals surface area contributed by atoms with Crippen molar-refractivity contribution in [3.8, 4) is 5.75 Å². The number of fused-ring (bicyclic) bond motifs is 1. The summed E-state index contributed by atoms with van der Waals surface area (Å²) >= 11 is 0. The second-order valence-corrected chi connectivity index (χ2v) is 7.14. The predicted octanol–water partition coefficient (Wildman–Crippen LogP) is 2.57. The molecule has 1 unspecified atom stereocenters. The standard InChI is InChI=1S/C20H27NO5/c1-12(2)20(4,24)11-21-18(22)9-8-16-13(3)15-7-6-14(25-5)10-17(15)26-19(16)23/h6-7,10,12,24H,8-9,11H2,1-5H3,(H,21,22). The molecule has 26 heavy (non-hydrogen) atoms. The normalized spacial score (nSPS) is 13.7. The van der Waals surface area contributed by atoms with Crippen molar-refractivity contribution in [1.82, 2.24) is 5.32 Å². The number of benzene rings is 1. The maximum atomic E-state index is 12.3. The average molecular weight is 361 g/mol. The van der Waals surface area contributed by atoms with Crippen molar-refractivity contribution in [3.63, 3.8) is 0 Å². The van der Waals surface area contributed by atoms with Crippen LogP contribution in [0.5, 0.6) is 5.75 Å². The summed E-state index contributed by atoms with van der Waals surface area (Å²) in [4.78, 5) is 24.4. The maximum Gasteiger partial charge on any atom is 0.339 e. The van der Waals surface area contributed by atoms with Crippen LogP contribution in [0.25, 0.3) is 11.0 Å². The number of nitrogens with one attached hydrogen (secondary N) is 1. The van der Waals surface area contributed by atoms with Crippen molar-refractivity contribution in [3.05, 3.63) is 39.7 Å². The summed E-state index contributed by atoms with van der Waals surface area (Å²) < 4.78 is 10.5. The average Bonchev–Trinajstić information content (AvgIpc) is 2.59. The van der Waals surface area contributed by atoms with E-state index in [1.165, 1.54) is 0 Å². The Hall–Kier alpha value is -2.34. The van der Waals surface area contributed by atoms with Gasteiger partial charge in [-0.3, -0.25) is 4.79 Å². The Morgan fingerprint density at radius 1 is 1.38 bits per heavy atom. The number of hydrogen-bond donors (Lipinski definition) is 2. The van der Waals surface area contributed by atoms with E-state index in [1.807, 2.05) is 26.8 Å². The van der Waals surface area contributed by atoms with Gasteiger partial charge in [0, 0.05) is 30.0 Å². The van der Waals surface area contributed by atoms with Gasteiger partial charge in [-0.1, -0.05) is 13.8 Å². The molecule has 1 aromatic heterocycles. The fourth-order valence-corrected chi connectivity index (χ4v) is 2.60. The minimum absolute atomic E-state index is 0.0227. The van der Waals surface area contributed by atoms with Gasteiger partial charge in [-0.25, -0.2) is 4.79 Å². The molecule has 0 aliphatic heterocycles. The minimum Gasteiger partial charge on any atom is -0.497 e. The van der Waals surface area contributed by atoms with Crippen LogP contribution in [-0.2, 0) is 11.2 Å². The van der Waals surface area contributed by atoms with Gasteiger partial charge < -0.3 is 19.6 Å². The first-order valence-corrected chi connectivity index (χ1v) is 8.75. The van der Waals surface area contributed by atoms with E-state index in [1.54, 1.807) is 26.2 Å². The molecule has 0 aliphatic rings. The molecule has 1 amide bonds. The highest BCUT2D eigenvalue weighted by Crippen LogP contribution is 2.24. The van der Waals surface area contributed by atoms with Crippen LogP contribution in [0.4, 0.5) is 0 Å². The minimum atomic E-state index is -0.966. The predicted molar refractivity (Wildman–Crippen MR) is 101 cm³/mol. The fourth-order valence-electron chi connectivity index (χ4n) is 2.60. The highest BCUT2D eigenvalue weighted by molar-refractivity contribution is 5.82. The SMILES string of the molecule is COc1ccc2c(C)c(CCC(=O)NCC(C)(O)C(C)C)c(=O)oc2c1. The van der Waals surface area contributed by atoms with Crippen molar-refractivity contribution in [1.29, 1.82) is 0 Å². The van der Waals surface area contributed by atoms with Gasteiger partial charge in [-0.15, -0.1) is 0 Å². The van der Waals surface area contributed by atoms with Gasteiger partial charge in [0.1, 0.15) is 11.3 Å². The summed E-state index contributed by atoms with van der Waals surface area (Å²) in [6.45, 7) is 7.50. The maximum absolute atomic E-state index is 12.3. The number of aliphatic hydroxyl groups is 1. The molecule has 2 rings (SSSR count). The Kier molecular flexibility index (Phi) is 6.08. The molecule has 2 aromatic rings. The molecule has 0 aliphatic carbocycles. The highest BCUT2D eigenvalue weighted by Gasteiger charge is 2.25. The molecule has 142 valence electrons. The van der Waals surface area contributed by atoms with Crippen LogP contribution in [0, 0.1) is 12.8 Å². The molecule has 0 saturated carbocycles. The van der Waals surface area contributed by atoms with Crippen LogP contribution in [-0.4, -0.2) is 30.3 Å². The summed E-state index contributed by atoms with van der Waals surface area (Å²) in [6.07, 6.45) is 0.438. The van der Waals surface area contributed by atoms with Crippen molar-refractivity contribution in [2.24, 2.45) is 5.92 Å². The van der Waals surface area contributed by atoms with Gasteiger partial charge in [-0.05, 0) is 43.9 Å². The zero-order chi connectivity index (χ0) is 19.5. The smallest absolute Gasteiger partial charge is 0.339 e. The molecule has 6 nitrogen and oxygen atoms in total. The van der Waals surface area contributed by atoms with E-state index in [-0.39, 0.29) is 31.2 Å². The molecule has 0 saturated heterocycles. The number of hydrogen-bond acceptors (Lipinski definition) is 5. The number of methoxy groups -OCH3 is 1. The lowest BCUT2D eigenvalue weighted by Crippen LogP contribution is -2.44. The topological polar surface area (TPSA) is 88.8 Å². The van der Waals surface area contributed by atoms with Crippen LogP contribution in [0.15, 0.2) is 27.4 Å². The number of rotatable bonds is 7. The van der Waals surface area contributed by atoms with Crippen molar-refractivity contribution < 1.29 is 19.1 Å². The van der Waals surface area contributed by atoms with E-state index in [2.05, 4.69) is 5.32 Å². The van der Waals surface area contributed by atoms with Crippen molar-refractivity contribution in [2.45, 2.75) is 46.1 Å². The zero-order valence-electron chi connectivity index (χ0n) is 16.0. The Bertz CT molecular complexity index is 851. The number of carbonyl (C=O) groups is 1. The molecule has 1 atom stereocenters. The third kappa shape index (κ3) is 4.43. The first-order chi connectivity index (χ1) is 12.2. The summed E-state index contributed by atoms with van der Waals surface area (Å²) in [6, 6.07) is 5.32. The Morgan fingerprint density at radius 2 is 2.08 bits per heavy atom. The summed E-state index contributed by atoms with van der Waals surface area (Å²) in [5, 5.41) is 13.7. The first kappa shape index (κ1) is 20.0. The van der Waals surface area contributed by atoms with E-state index >= 15 is 0 Å². The molecule has 2 N–H and O–H groups in total. The molecule has 1 heterocycles. The summed E-state index contributed by atoms with van der Waals surface area (Å²) in [5.74, 6) is 0.429. The molecular weight excluding hydrogens is 334 g/mol. The van der Waals surface area contributed by atoms with Gasteiger partial charge in [0.15, 0.2) is 0 Å². The Labute approximate surface area is 153 Å². The van der Waals surface area contributed by atoms with Gasteiger partial charge in [0.25, 0.3) is 0 Å². The van der Waals surface area contributed by atoms with Gasteiger partial charge in [-0.2, -0.15) is 0 Å². The van der Waals surface area contributed by atoms with Gasteiger partial charge in [0.05, 0.1) is 12.7 Å². The van der Waals surface area contributed by atoms with E-state index in [4.69, 9.17) is 9.15 Å². The molecule has 0 spiro atoms. The second kappa shape index (κ2) is 7.91. The van der Waals surface area contributed by atoms with E-state index in [0.29, 0.717) is 16.9 Å². The Balaban J connectivity index is 2.11. The molecule has 6 heteroatoms. The van der Waals surface area contributed by atoms with E-state index in [9.17, 15) is 14.7 Å². The lowest BCUT2D eigenvalue weighted by Gasteiger charge is -2.27. The largest absolute Gasteiger partial charge is 0.497 e. The number of amides is 1. The molecule has 0 bridgehead atoms. The quantitative estimate of drug-likeness (QED) is 0.740. The van der Waals surface area contributed by atoms with Crippen LogP contribution >= 0.6 is 0 Å². The number of aryl methyl sites for hydroxylation is 1. The third-order valence-corrected chi connectivity index (χ3v) is 4.98. The van der Waals surface area contributed by atoms with Crippen LogP contribution in [0.1, 0.15) is 38.3 Å². The van der Waals surface area contributed by atoms with Gasteiger partial charge in [0.2, 0.25) is 5.91 Å². The van der Waals surface area contributed by atoms with Crippen LogP contribution in [0.3, 0.4) is 0 Å².